The number of aryl methyl sites for hydroxylation is 2. The highest BCUT2D eigenvalue weighted by Gasteiger charge is 2.39. The third kappa shape index (κ3) is 22.0. The van der Waals surface area contributed by atoms with E-state index in [0.29, 0.717) is 68.2 Å². The largest absolute Gasteiger partial charge is 0.530 e. The SMILES string of the molecule is Cc1ccc(OP(Oc2ccc(C(C)(C)C)cc2C(C)(C)C)Oc2ccc(C(C)(C)C)cc2C(C)(C)C)c(-c2c(OP(Oc3ccc(C(C)(C)C)cc3C(C)(C)C)Oc3ccc(C(C)(C)C)cc3C(C)(C)C)ccc(C)c2OP(Oc2ccccc2)Oc2ccccc2)c1OP(Oc1ccccc1)Oc1ccccc1. The summed E-state index contributed by atoms with van der Waals surface area (Å²) in [5, 5.41) is 0. The molecule has 110 heavy (non-hydrogen) atoms. The van der Waals surface area contributed by atoms with E-state index in [-0.39, 0.29) is 44.7 Å². The van der Waals surface area contributed by atoms with Crippen LogP contribution in [0.15, 0.2) is 218 Å². The van der Waals surface area contributed by atoms with E-state index in [1.165, 1.54) is 0 Å². The summed E-state index contributed by atoms with van der Waals surface area (Å²) in [6.07, 6.45) is 0. The van der Waals surface area contributed by atoms with Crippen LogP contribution in [0.1, 0.15) is 222 Å². The van der Waals surface area contributed by atoms with Gasteiger partial charge in [0, 0.05) is 22.3 Å². The van der Waals surface area contributed by atoms with E-state index >= 15 is 0 Å². The first-order valence-electron chi connectivity index (χ1n) is 37.8. The molecule has 10 aromatic rings. The van der Waals surface area contributed by atoms with Gasteiger partial charge in [-0.25, -0.2) is 0 Å². The van der Waals surface area contributed by atoms with Crippen molar-refractivity contribution in [3.05, 3.63) is 274 Å². The molecule has 0 radical (unpaired) electrons. The van der Waals surface area contributed by atoms with Crippen LogP contribution in [0.25, 0.3) is 11.1 Å². The van der Waals surface area contributed by atoms with Crippen molar-refractivity contribution in [3.63, 3.8) is 0 Å². The molecule has 582 valence electrons. The quantitative estimate of drug-likeness (QED) is 0.0508. The third-order valence-corrected chi connectivity index (χ3v) is 22.7. The average molecular weight is 1560 g/mol. The molecule has 0 saturated heterocycles. The molecular weight excluding hydrogens is 1440 g/mol. The van der Waals surface area contributed by atoms with Crippen molar-refractivity contribution in [1.29, 1.82) is 0 Å². The van der Waals surface area contributed by atoms with Crippen LogP contribution in [0.3, 0.4) is 0 Å². The topological polar surface area (TPSA) is 111 Å². The molecule has 0 aliphatic rings. The van der Waals surface area contributed by atoms with E-state index in [1.54, 1.807) is 0 Å². The Bertz CT molecular complexity index is 4200. The van der Waals surface area contributed by atoms with Crippen LogP contribution in [-0.2, 0) is 43.3 Å². The first-order chi connectivity index (χ1) is 51.4. The summed E-state index contributed by atoms with van der Waals surface area (Å²) in [4.78, 5) is 0. The Labute approximate surface area is 662 Å². The van der Waals surface area contributed by atoms with Gasteiger partial charge in [-0.2, -0.15) is 0 Å². The Morgan fingerprint density at radius 3 is 0.582 bits per heavy atom. The summed E-state index contributed by atoms with van der Waals surface area (Å²) in [6.45, 7) is 56.9. The van der Waals surface area contributed by atoms with Gasteiger partial charge in [0.15, 0.2) is 0 Å². The third-order valence-electron chi connectivity index (χ3n) is 18.6. The van der Waals surface area contributed by atoms with Gasteiger partial charge in [0.1, 0.15) is 69.0 Å². The van der Waals surface area contributed by atoms with Crippen LogP contribution in [0.5, 0.6) is 69.0 Å². The predicted molar refractivity (Wildman–Crippen MR) is 458 cm³/mol. The Kier molecular flexibility index (Phi) is 25.8. The lowest BCUT2D eigenvalue weighted by atomic mass is 9.80. The normalized spacial score (nSPS) is 12.6. The minimum atomic E-state index is -2.55. The maximum atomic E-state index is 7.82. The van der Waals surface area contributed by atoms with E-state index in [4.69, 9.17) is 54.3 Å². The van der Waals surface area contributed by atoms with Gasteiger partial charge in [0.25, 0.3) is 0 Å². The van der Waals surface area contributed by atoms with E-state index < -0.39 is 56.1 Å². The van der Waals surface area contributed by atoms with E-state index in [2.05, 4.69) is 215 Å². The van der Waals surface area contributed by atoms with Crippen molar-refractivity contribution < 1.29 is 54.3 Å². The molecule has 0 spiro atoms. The molecule has 0 unspecified atom stereocenters. The fourth-order valence-corrected chi connectivity index (χ4v) is 16.3. The molecule has 0 bridgehead atoms. The Balaban J connectivity index is 1.32. The number of rotatable bonds is 25. The molecule has 0 aliphatic carbocycles. The van der Waals surface area contributed by atoms with Gasteiger partial charge in [0.05, 0.1) is 11.1 Å². The van der Waals surface area contributed by atoms with Crippen molar-refractivity contribution in [3.8, 4) is 80.1 Å². The van der Waals surface area contributed by atoms with Gasteiger partial charge >= 0.3 is 34.4 Å². The molecule has 0 saturated carbocycles. The summed E-state index contributed by atoms with van der Waals surface area (Å²) in [6, 6.07) is 71.3. The van der Waals surface area contributed by atoms with Gasteiger partial charge in [-0.05, 0) is 175 Å². The summed E-state index contributed by atoms with van der Waals surface area (Å²) in [5.41, 5.74) is 8.02. The first kappa shape index (κ1) is 84.0. The smallest absolute Gasteiger partial charge is 0.409 e. The zero-order valence-corrected chi connectivity index (χ0v) is 73.1. The van der Waals surface area contributed by atoms with Crippen molar-refractivity contribution in [2.24, 2.45) is 0 Å². The number of hydrogen-bond acceptors (Lipinski definition) is 12. The van der Waals surface area contributed by atoms with Gasteiger partial charge in [-0.1, -0.05) is 300 Å². The highest BCUT2D eigenvalue weighted by Crippen LogP contribution is 2.61. The van der Waals surface area contributed by atoms with Crippen LogP contribution in [-0.4, -0.2) is 0 Å². The van der Waals surface area contributed by atoms with Crippen LogP contribution in [0.4, 0.5) is 0 Å². The number of para-hydroxylation sites is 4. The standard InChI is InChI=1S/C94H114O12P4/c1-63-47-53-81(103-109(99-77-55-49-65(87(3,4)5)59-73(77)91(15,16)17)100-78-56-50-66(88(6,7)8)60-74(78)92(18,19)20)83(85(63)105-107(95-69-39-31-27-32-40-69)96-70-41-33-28-34-42-70)84-82(54-48-64(2)86(84)106-108(97-71-43-35-29-36-44-71)98-72-45-37-30-38-46-72)104-110(101-79-57-51-67(89(9,10)11)61-75(79)93(21,22)23)102-80-58-52-68(90(12,13)14)62-76(80)94(24,25)26/h27-62H,1-26H3. The number of benzene rings is 10. The molecule has 16 heteroatoms. The lowest BCUT2D eigenvalue weighted by Gasteiger charge is -2.31. The summed E-state index contributed by atoms with van der Waals surface area (Å²) in [5.74, 6) is 5.39. The summed E-state index contributed by atoms with van der Waals surface area (Å²) < 4.78 is 88.6. The van der Waals surface area contributed by atoms with Crippen LogP contribution < -0.4 is 54.3 Å². The van der Waals surface area contributed by atoms with Crippen molar-refractivity contribution >= 4 is 34.4 Å². The molecule has 0 N–H and O–H groups in total. The zero-order chi connectivity index (χ0) is 80.1. The maximum Gasteiger partial charge on any atom is 0.530 e. The summed E-state index contributed by atoms with van der Waals surface area (Å²) >= 11 is 0. The highest BCUT2D eigenvalue weighted by molar-refractivity contribution is 7.44. The van der Waals surface area contributed by atoms with Crippen LogP contribution in [0.2, 0.25) is 0 Å². The van der Waals surface area contributed by atoms with Gasteiger partial charge in [0.2, 0.25) is 0 Å². The van der Waals surface area contributed by atoms with Gasteiger partial charge in [-0.15, -0.1) is 0 Å². The Morgan fingerprint density at radius 2 is 0.382 bits per heavy atom. The minimum Gasteiger partial charge on any atom is -0.409 e. The second-order valence-corrected chi connectivity index (χ2v) is 40.2. The van der Waals surface area contributed by atoms with E-state index in [9.17, 15) is 0 Å². The predicted octanol–water partition coefficient (Wildman–Crippen LogP) is 29.4. The van der Waals surface area contributed by atoms with E-state index in [0.717, 1.165) is 44.5 Å². The molecule has 10 rings (SSSR count). The monoisotopic (exact) mass is 1560 g/mol. The van der Waals surface area contributed by atoms with Crippen LogP contribution in [0, 0.1) is 13.8 Å². The fraction of sp³-hybridized carbons (Fsp3) is 0.362. The van der Waals surface area contributed by atoms with Gasteiger partial charge < -0.3 is 54.3 Å². The zero-order valence-electron chi connectivity index (χ0n) is 69.5. The van der Waals surface area contributed by atoms with Crippen molar-refractivity contribution in [1.82, 2.24) is 0 Å². The molecule has 0 heterocycles. The molecule has 0 aliphatic heterocycles. The molecular formula is C94H114O12P4. The molecule has 0 aromatic heterocycles. The van der Waals surface area contributed by atoms with Crippen molar-refractivity contribution in [2.45, 2.75) is 223 Å². The minimum absolute atomic E-state index is 0.187. The molecule has 10 aromatic carbocycles. The lowest BCUT2D eigenvalue weighted by molar-refractivity contribution is 0.369. The number of hydrogen-bond donors (Lipinski definition) is 0. The molecule has 0 amide bonds. The second kappa shape index (κ2) is 33.8. The highest BCUT2D eigenvalue weighted by atomic mass is 31.2. The average Bonchev–Trinajstić information content (AvgIpc) is 0.752. The Hall–Kier alpha value is -8.48. The lowest BCUT2D eigenvalue weighted by Crippen LogP contribution is -2.19. The first-order valence-corrected chi connectivity index (χ1v) is 42.2. The second-order valence-electron chi connectivity index (χ2n) is 36.3. The Morgan fingerprint density at radius 1 is 0.191 bits per heavy atom. The molecule has 12 nitrogen and oxygen atoms in total. The van der Waals surface area contributed by atoms with Gasteiger partial charge in [-0.3, -0.25) is 0 Å². The maximum absolute atomic E-state index is 7.82. The van der Waals surface area contributed by atoms with E-state index in [1.807, 2.05) is 184 Å². The van der Waals surface area contributed by atoms with Crippen molar-refractivity contribution in [2.75, 3.05) is 0 Å². The molecule has 0 fully saturated rings. The molecule has 0 atom stereocenters. The summed E-state index contributed by atoms with van der Waals surface area (Å²) in [7, 11) is -9.94. The van der Waals surface area contributed by atoms with Crippen LogP contribution >= 0.6 is 34.4 Å². The fourth-order valence-electron chi connectivity index (χ4n) is 12.0.